The molecule has 0 aliphatic carbocycles. The summed E-state index contributed by atoms with van der Waals surface area (Å²) in [5.41, 5.74) is 0. The summed E-state index contributed by atoms with van der Waals surface area (Å²) >= 11 is 0. The monoisotopic (exact) mass is 214 g/mol. The number of rotatable bonds is 6. The van der Waals surface area contributed by atoms with Crippen molar-refractivity contribution in [2.24, 2.45) is 0 Å². The Kier molecular flexibility index (Phi) is 4.30. The highest BCUT2D eigenvalue weighted by molar-refractivity contribution is 5.69. The lowest BCUT2D eigenvalue weighted by atomic mass is 10.4. The zero-order valence-electron chi connectivity index (χ0n) is 7.75. The lowest BCUT2D eigenvalue weighted by Gasteiger charge is -2.13. The van der Waals surface area contributed by atoms with Crippen LogP contribution in [0.2, 0.25) is 0 Å². The van der Waals surface area contributed by atoms with Crippen molar-refractivity contribution in [2.45, 2.75) is 12.6 Å². The number of amides is 1. The number of carbonyl (C=O) groups excluding carboxylic acids is 2. The second-order valence-electron chi connectivity index (χ2n) is 2.54. The van der Waals surface area contributed by atoms with Gasteiger partial charge in [-0.15, -0.1) is 0 Å². The molecule has 1 atom stereocenters. The standard InChI is InChI=1S/C8H10N2O5/c11-4-2-7(13)14-8(9-5-12)6-1-3-10-15-6/h1,3,5,8,11H,2,4H2,(H,9,12). The first-order valence-electron chi connectivity index (χ1n) is 4.18. The molecular weight excluding hydrogens is 204 g/mol. The normalized spacial score (nSPS) is 11.8. The van der Waals surface area contributed by atoms with E-state index in [9.17, 15) is 9.59 Å². The SMILES string of the molecule is O=CNC(OC(=O)CCO)c1ccno1. The van der Waals surface area contributed by atoms with Crippen LogP contribution in [0.25, 0.3) is 0 Å². The van der Waals surface area contributed by atoms with Crippen LogP contribution in [-0.2, 0) is 14.3 Å². The van der Waals surface area contributed by atoms with Gasteiger partial charge < -0.3 is 19.7 Å². The van der Waals surface area contributed by atoms with Crippen LogP contribution in [0.4, 0.5) is 0 Å². The summed E-state index contributed by atoms with van der Waals surface area (Å²) in [7, 11) is 0. The Balaban J connectivity index is 2.59. The van der Waals surface area contributed by atoms with Crippen molar-refractivity contribution in [2.75, 3.05) is 6.61 Å². The van der Waals surface area contributed by atoms with Crippen LogP contribution >= 0.6 is 0 Å². The van der Waals surface area contributed by atoms with Gasteiger partial charge in [-0.05, 0) is 0 Å². The van der Waals surface area contributed by atoms with E-state index in [1.165, 1.54) is 12.3 Å². The number of carbonyl (C=O) groups is 2. The van der Waals surface area contributed by atoms with E-state index >= 15 is 0 Å². The van der Waals surface area contributed by atoms with Gasteiger partial charge in [0.05, 0.1) is 19.2 Å². The van der Waals surface area contributed by atoms with Gasteiger partial charge in [0.25, 0.3) is 0 Å². The molecule has 15 heavy (non-hydrogen) atoms. The molecule has 2 N–H and O–H groups in total. The number of hydrogen-bond donors (Lipinski definition) is 2. The first-order chi connectivity index (χ1) is 7.27. The fourth-order valence-electron chi connectivity index (χ4n) is 0.879. The third kappa shape index (κ3) is 3.39. The van der Waals surface area contributed by atoms with Gasteiger partial charge in [-0.1, -0.05) is 5.16 Å². The zero-order chi connectivity index (χ0) is 11.1. The highest BCUT2D eigenvalue weighted by Crippen LogP contribution is 2.13. The summed E-state index contributed by atoms with van der Waals surface area (Å²) in [4.78, 5) is 21.3. The van der Waals surface area contributed by atoms with Crippen molar-refractivity contribution < 1.29 is 24.0 Å². The maximum absolute atomic E-state index is 11.0. The predicted molar refractivity (Wildman–Crippen MR) is 46.2 cm³/mol. The van der Waals surface area contributed by atoms with Gasteiger partial charge in [-0.25, -0.2) is 0 Å². The molecular formula is C8H10N2O5. The molecule has 0 radical (unpaired) electrons. The molecule has 0 aliphatic heterocycles. The van der Waals surface area contributed by atoms with E-state index in [1.54, 1.807) is 0 Å². The topological polar surface area (TPSA) is 102 Å². The smallest absolute Gasteiger partial charge is 0.310 e. The number of nitrogens with one attached hydrogen (secondary N) is 1. The molecule has 0 saturated carbocycles. The fraction of sp³-hybridized carbons (Fsp3) is 0.375. The molecule has 0 spiro atoms. The van der Waals surface area contributed by atoms with Crippen LogP contribution in [0, 0.1) is 0 Å². The summed E-state index contributed by atoms with van der Waals surface area (Å²) in [6.07, 6.45) is 0.572. The Morgan fingerprint density at radius 2 is 2.60 bits per heavy atom. The Morgan fingerprint density at radius 1 is 1.80 bits per heavy atom. The molecule has 0 fully saturated rings. The van der Waals surface area contributed by atoms with Crippen LogP contribution in [0.5, 0.6) is 0 Å². The molecule has 1 aromatic heterocycles. The van der Waals surface area contributed by atoms with Crippen molar-refractivity contribution in [3.05, 3.63) is 18.0 Å². The maximum atomic E-state index is 11.0. The second-order valence-corrected chi connectivity index (χ2v) is 2.54. The third-order valence-corrected chi connectivity index (χ3v) is 1.50. The number of ether oxygens (including phenoxy) is 1. The molecule has 1 unspecified atom stereocenters. The van der Waals surface area contributed by atoms with Crippen LogP contribution in [0.1, 0.15) is 18.4 Å². The number of aliphatic hydroxyl groups excluding tert-OH is 1. The van der Waals surface area contributed by atoms with E-state index in [0.717, 1.165) is 0 Å². The lowest BCUT2D eigenvalue weighted by molar-refractivity contribution is -0.153. The molecule has 7 nitrogen and oxygen atoms in total. The van der Waals surface area contributed by atoms with Crippen LogP contribution in [0.15, 0.2) is 16.8 Å². The zero-order valence-corrected chi connectivity index (χ0v) is 7.75. The first kappa shape index (κ1) is 11.2. The molecule has 0 saturated heterocycles. The quantitative estimate of drug-likeness (QED) is 0.370. The van der Waals surface area contributed by atoms with E-state index in [1.807, 2.05) is 0 Å². The fourth-order valence-corrected chi connectivity index (χ4v) is 0.879. The van der Waals surface area contributed by atoms with Crippen molar-refractivity contribution in [1.82, 2.24) is 10.5 Å². The van der Waals surface area contributed by atoms with Gasteiger partial charge in [0.2, 0.25) is 12.6 Å². The van der Waals surface area contributed by atoms with Crippen LogP contribution in [-0.4, -0.2) is 29.2 Å². The summed E-state index contributed by atoms with van der Waals surface area (Å²) in [5, 5.41) is 14.1. The Bertz CT molecular complexity index is 311. The van der Waals surface area contributed by atoms with Crippen molar-refractivity contribution in [3.63, 3.8) is 0 Å². The summed E-state index contributed by atoms with van der Waals surface area (Å²) < 4.78 is 9.52. The van der Waals surface area contributed by atoms with E-state index in [0.29, 0.717) is 6.41 Å². The summed E-state index contributed by atoms with van der Waals surface area (Å²) in [6.45, 7) is -0.316. The predicted octanol–water partition coefficient (Wildman–Crippen LogP) is -0.655. The molecule has 7 heteroatoms. The largest absolute Gasteiger partial charge is 0.434 e. The van der Waals surface area contributed by atoms with Gasteiger partial charge in [0, 0.05) is 6.07 Å². The van der Waals surface area contributed by atoms with Crippen molar-refractivity contribution in [1.29, 1.82) is 0 Å². The lowest BCUT2D eigenvalue weighted by Crippen LogP contribution is -2.25. The van der Waals surface area contributed by atoms with E-state index in [-0.39, 0.29) is 18.8 Å². The van der Waals surface area contributed by atoms with Gasteiger partial charge in [-0.3, -0.25) is 9.59 Å². The van der Waals surface area contributed by atoms with E-state index in [2.05, 4.69) is 10.5 Å². The highest BCUT2D eigenvalue weighted by Gasteiger charge is 2.18. The molecule has 1 amide bonds. The Labute approximate surface area is 85.0 Å². The molecule has 1 rings (SSSR count). The second kappa shape index (κ2) is 5.76. The Hall–Kier alpha value is -1.89. The van der Waals surface area contributed by atoms with Crippen LogP contribution in [0.3, 0.4) is 0 Å². The highest BCUT2D eigenvalue weighted by atomic mass is 16.6. The number of esters is 1. The minimum atomic E-state index is -1.01. The first-order valence-corrected chi connectivity index (χ1v) is 4.18. The van der Waals surface area contributed by atoms with E-state index < -0.39 is 12.2 Å². The number of aromatic nitrogens is 1. The molecule has 0 aliphatic rings. The molecule has 0 bridgehead atoms. The van der Waals surface area contributed by atoms with Gasteiger partial charge in [0.1, 0.15) is 0 Å². The van der Waals surface area contributed by atoms with Crippen molar-refractivity contribution in [3.8, 4) is 0 Å². The minimum Gasteiger partial charge on any atom is -0.434 e. The molecule has 1 aromatic rings. The van der Waals surface area contributed by atoms with Gasteiger partial charge in [-0.2, -0.15) is 0 Å². The molecule has 82 valence electrons. The molecule has 1 heterocycles. The number of aliphatic hydroxyl groups is 1. The van der Waals surface area contributed by atoms with Crippen molar-refractivity contribution >= 4 is 12.4 Å². The minimum absolute atomic E-state index is 0.148. The average molecular weight is 214 g/mol. The Morgan fingerprint density at radius 3 is 3.13 bits per heavy atom. The number of hydrogen-bond acceptors (Lipinski definition) is 6. The average Bonchev–Trinajstić information content (AvgIpc) is 2.70. The van der Waals surface area contributed by atoms with Gasteiger partial charge in [0.15, 0.2) is 5.76 Å². The summed E-state index contributed by atoms with van der Waals surface area (Å²) in [6, 6.07) is 1.45. The molecule has 0 aromatic carbocycles. The number of nitrogens with zero attached hydrogens (tertiary/aromatic N) is 1. The summed E-state index contributed by atoms with van der Waals surface area (Å²) in [5.74, 6) is -0.443. The maximum Gasteiger partial charge on any atom is 0.310 e. The van der Waals surface area contributed by atoms with Crippen LogP contribution < -0.4 is 5.32 Å². The third-order valence-electron chi connectivity index (χ3n) is 1.50. The van der Waals surface area contributed by atoms with Gasteiger partial charge >= 0.3 is 5.97 Å². The van der Waals surface area contributed by atoms with E-state index in [4.69, 9.17) is 14.4 Å².